The molecule has 0 radical (unpaired) electrons. The second-order valence-corrected chi connectivity index (χ2v) is 8.07. The topological polar surface area (TPSA) is 90.0 Å². The Morgan fingerprint density at radius 2 is 1.41 bits per heavy atom. The van der Waals surface area contributed by atoms with Crippen molar-refractivity contribution < 1.29 is 23.9 Å². The molecule has 1 saturated heterocycles. The highest BCUT2D eigenvalue weighted by atomic mass is 19.1. The van der Waals surface area contributed by atoms with E-state index >= 15 is 0 Å². The molecule has 0 saturated carbocycles. The molecule has 3 amide bonds. The quantitative estimate of drug-likeness (QED) is 0.620. The largest absolute Gasteiger partial charge is 0.507 e. The molecule has 1 aliphatic rings. The molecule has 1 aliphatic heterocycles. The molecule has 2 N–H and O–H groups in total. The fourth-order valence-corrected chi connectivity index (χ4v) is 3.84. The molecule has 0 aliphatic carbocycles. The number of amides is 3. The van der Waals surface area contributed by atoms with Crippen molar-refractivity contribution in [3.05, 3.63) is 94.8 Å². The Bertz CT molecular complexity index is 1250. The number of phenolic OH excluding ortho intramolecular Hbond substituents is 1. The van der Waals surface area contributed by atoms with E-state index in [-0.39, 0.29) is 28.7 Å². The molecule has 0 bridgehead atoms. The lowest BCUT2D eigenvalue weighted by Crippen LogP contribution is -2.50. The molecule has 3 aromatic carbocycles. The minimum Gasteiger partial charge on any atom is -0.507 e. The first-order chi connectivity index (χ1) is 16.3. The number of hydrogen-bond donors (Lipinski definition) is 2. The van der Waals surface area contributed by atoms with E-state index in [2.05, 4.69) is 5.32 Å². The van der Waals surface area contributed by atoms with E-state index in [4.69, 9.17) is 0 Å². The molecule has 1 fully saturated rings. The van der Waals surface area contributed by atoms with Crippen LogP contribution < -0.4 is 5.32 Å². The molecule has 3 aromatic rings. The van der Waals surface area contributed by atoms with Crippen LogP contribution in [0.2, 0.25) is 0 Å². The summed E-state index contributed by atoms with van der Waals surface area (Å²) < 4.78 is 13.9. The van der Waals surface area contributed by atoms with Crippen LogP contribution in [-0.2, 0) is 0 Å². The molecule has 4 rings (SSSR count). The van der Waals surface area contributed by atoms with Gasteiger partial charge in [0.1, 0.15) is 11.6 Å². The van der Waals surface area contributed by atoms with Gasteiger partial charge in [-0.2, -0.15) is 0 Å². The van der Waals surface area contributed by atoms with Gasteiger partial charge in [-0.05, 0) is 48.9 Å². The van der Waals surface area contributed by atoms with Crippen LogP contribution in [0.15, 0.2) is 66.7 Å². The van der Waals surface area contributed by atoms with Gasteiger partial charge in [-0.15, -0.1) is 0 Å². The van der Waals surface area contributed by atoms with Crippen molar-refractivity contribution in [1.82, 2.24) is 9.80 Å². The van der Waals surface area contributed by atoms with E-state index < -0.39 is 11.7 Å². The molecule has 8 heteroatoms. The lowest BCUT2D eigenvalue weighted by molar-refractivity contribution is 0.0533. The van der Waals surface area contributed by atoms with Crippen LogP contribution in [0.25, 0.3) is 0 Å². The number of nitrogens with one attached hydrogen (secondary N) is 1. The van der Waals surface area contributed by atoms with E-state index in [0.717, 1.165) is 5.56 Å². The fourth-order valence-electron chi connectivity index (χ4n) is 3.84. The molecule has 1 heterocycles. The number of piperazine rings is 1. The zero-order valence-electron chi connectivity index (χ0n) is 18.6. The Hall–Kier alpha value is -4.20. The highest BCUT2D eigenvalue weighted by molar-refractivity contribution is 6.05. The van der Waals surface area contributed by atoms with Crippen molar-refractivity contribution >= 4 is 23.4 Å². The maximum Gasteiger partial charge on any atom is 0.258 e. The van der Waals surface area contributed by atoms with Crippen LogP contribution in [0.3, 0.4) is 0 Å². The standard InChI is InChI=1S/C26H24FN3O4/c1-17-10-11-18(16-22(17)28-24(32)19-6-2-4-8-21(19)27)25(33)29-12-14-30(15-13-29)26(34)20-7-3-5-9-23(20)31/h2-11,16,31H,12-15H2,1H3,(H,28,32). The molecular formula is C26H24FN3O4. The van der Waals surface area contributed by atoms with Gasteiger partial charge in [0.2, 0.25) is 0 Å². The van der Waals surface area contributed by atoms with Crippen molar-refractivity contribution in [1.29, 1.82) is 0 Å². The highest BCUT2D eigenvalue weighted by Gasteiger charge is 2.27. The van der Waals surface area contributed by atoms with Crippen molar-refractivity contribution in [2.24, 2.45) is 0 Å². The van der Waals surface area contributed by atoms with Crippen LogP contribution in [-0.4, -0.2) is 58.8 Å². The number of aromatic hydroxyl groups is 1. The Kier molecular flexibility index (Phi) is 6.58. The van der Waals surface area contributed by atoms with Gasteiger partial charge in [0.15, 0.2) is 0 Å². The molecule has 0 atom stereocenters. The van der Waals surface area contributed by atoms with E-state index in [1.165, 1.54) is 24.3 Å². The number of halogens is 1. The van der Waals surface area contributed by atoms with Gasteiger partial charge in [0, 0.05) is 37.4 Å². The number of anilines is 1. The van der Waals surface area contributed by atoms with Crippen molar-refractivity contribution in [2.75, 3.05) is 31.5 Å². The Labute approximate surface area is 196 Å². The predicted octanol–water partition coefficient (Wildman–Crippen LogP) is 3.69. The average molecular weight is 461 g/mol. The van der Waals surface area contributed by atoms with E-state index in [9.17, 15) is 23.9 Å². The fraction of sp³-hybridized carbons (Fsp3) is 0.192. The van der Waals surface area contributed by atoms with E-state index in [0.29, 0.717) is 37.4 Å². The smallest absolute Gasteiger partial charge is 0.258 e. The van der Waals surface area contributed by atoms with Gasteiger partial charge in [-0.25, -0.2) is 4.39 Å². The maximum absolute atomic E-state index is 13.9. The summed E-state index contributed by atoms with van der Waals surface area (Å²) in [6, 6.07) is 17.0. The number of hydrogen-bond acceptors (Lipinski definition) is 4. The zero-order valence-corrected chi connectivity index (χ0v) is 18.6. The van der Waals surface area contributed by atoms with Gasteiger partial charge in [-0.1, -0.05) is 30.3 Å². The second-order valence-electron chi connectivity index (χ2n) is 8.07. The molecule has 34 heavy (non-hydrogen) atoms. The van der Waals surface area contributed by atoms with Crippen LogP contribution in [0, 0.1) is 12.7 Å². The van der Waals surface area contributed by atoms with Crippen LogP contribution in [0.5, 0.6) is 5.75 Å². The summed E-state index contributed by atoms with van der Waals surface area (Å²) in [5.74, 6) is -1.80. The van der Waals surface area contributed by atoms with Crippen molar-refractivity contribution in [3.63, 3.8) is 0 Å². The number of nitrogens with zero attached hydrogens (tertiary/aromatic N) is 2. The summed E-state index contributed by atoms with van der Waals surface area (Å²) in [6.07, 6.45) is 0. The molecule has 7 nitrogen and oxygen atoms in total. The summed E-state index contributed by atoms with van der Waals surface area (Å²) in [6.45, 7) is 3.13. The minimum absolute atomic E-state index is 0.0735. The summed E-state index contributed by atoms with van der Waals surface area (Å²) >= 11 is 0. The van der Waals surface area contributed by atoms with E-state index in [1.54, 1.807) is 59.2 Å². The molecular weight excluding hydrogens is 437 g/mol. The Morgan fingerprint density at radius 1 is 0.824 bits per heavy atom. The van der Waals surface area contributed by atoms with Gasteiger partial charge in [0.25, 0.3) is 17.7 Å². The van der Waals surface area contributed by atoms with Gasteiger partial charge in [-0.3, -0.25) is 14.4 Å². The maximum atomic E-state index is 13.9. The average Bonchev–Trinajstić information content (AvgIpc) is 2.85. The minimum atomic E-state index is -0.624. The third kappa shape index (κ3) is 4.76. The van der Waals surface area contributed by atoms with E-state index in [1.807, 2.05) is 0 Å². The lowest BCUT2D eigenvalue weighted by atomic mass is 10.1. The third-order valence-electron chi connectivity index (χ3n) is 5.84. The number of benzene rings is 3. The van der Waals surface area contributed by atoms with Crippen LogP contribution in [0.4, 0.5) is 10.1 Å². The first-order valence-electron chi connectivity index (χ1n) is 10.9. The number of rotatable bonds is 4. The number of aryl methyl sites for hydroxylation is 1. The highest BCUT2D eigenvalue weighted by Crippen LogP contribution is 2.22. The summed E-state index contributed by atoms with van der Waals surface area (Å²) in [5.41, 5.74) is 1.70. The SMILES string of the molecule is Cc1ccc(C(=O)N2CCN(C(=O)c3ccccc3O)CC2)cc1NC(=O)c1ccccc1F. The van der Waals surface area contributed by atoms with Gasteiger partial charge < -0.3 is 20.2 Å². The number of para-hydroxylation sites is 1. The zero-order chi connectivity index (χ0) is 24.2. The van der Waals surface area contributed by atoms with Crippen LogP contribution >= 0.6 is 0 Å². The normalized spacial score (nSPS) is 13.5. The molecule has 0 aromatic heterocycles. The van der Waals surface area contributed by atoms with Crippen molar-refractivity contribution in [3.8, 4) is 5.75 Å². The first-order valence-corrected chi connectivity index (χ1v) is 10.9. The lowest BCUT2D eigenvalue weighted by Gasteiger charge is -2.35. The number of carbonyl (C=O) groups excluding carboxylic acids is 3. The molecule has 0 unspecified atom stereocenters. The Morgan fingerprint density at radius 3 is 2.06 bits per heavy atom. The van der Waals surface area contributed by atoms with Gasteiger partial charge >= 0.3 is 0 Å². The monoisotopic (exact) mass is 461 g/mol. The first kappa shape index (κ1) is 23.0. The third-order valence-corrected chi connectivity index (χ3v) is 5.84. The summed E-state index contributed by atoms with van der Waals surface area (Å²) in [5, 5.41) is 12.6. The molecule has 0 spiro atoms. The number of phenols is 1. The van der Waals surface area contributed by atoms with Crippen LogP contribution in [0.1, 0.15) is 36.6 Å². The predicted molar refractivity (Wildman–Crippen MR) is 125 cm³/mol. The number of carbonyl (C=O) groups is 3. The van der Waals surface area contributed by atoms with Crippen molar-refractivity contribution in [2.45, 2.75) is 6.92 Å². The molecule has 174 valence electrons. The van der Waals surface area contributed by atoms with Gasteiger partial charge in [0.05, 0.1) is 11.1 Å². The second kappa shape index (κ2) is 9.74. The summed E-state index contributed by atoms with van der Waals surface area (Å²) in [7, 11) is 0. The Balaban J connectivity index is 1.43. The summed E-state index contributed by atoms with van der Waals surface area (Å²) in [4.78, 5) is 41.5.